The number of esters is 8. The van der Waals surface area contributed by atoms with Crippen molar-refractivity contribution in [3.05, 3.63) is 102 Å². The first kappa shape index (κ1) is 54.7. The molecule has 5 heterocycles. The first-order chi connectivity index (χ1) is 35.4. The average molecular weight is 1040 g/mol. The van der Waals surface area contributed by atoms with Crippen molar-refractivity contribution in [2.75, 3.05) is 84.6 Å². The molecule has 0 aliphatic carbocycles. The van der Waals surface area contributed by atoms with E-state index in [1.807, 2.05) is 0 Å². The van der Waals surface area contributed by atoms with E-state index in [4.69, 9.17) is 37.9 Å². The number of aromatic nitrogens is 3. The number of halogens is 2. The molecule has 6 rings (SSSR count). The Morgan fingerprint density at radius 3 is 1.62 bits per heavy atom. The minimum Gasteiger partial charge on any atom is -0.489 e. The fraction of sp³-hybridized carbons (Fsp3) is 0.340. The quantitative estimate of drug-likeness (QED) is 0.0286. The maximum Gasteiger partial charge on any atom is 0.738 e. The van der Waals surface area contributed by atoms with Gasteiger partial charge in [-0.1, -0.05) is 6.07 Å². The van der Waals surface area contributed by atoms with Gasteiger partial charge in [0.15, 0.2) is 11.4 Å². The van der Waals surface area contributed by atoms with Gasteiger partial charge in [-0.15, -0.1) is 0 Å². The molecule has 0 saturated heterocycles. The molecule has 3 aromatic heterocycles. The third kappa shape index (κ3) is 14.8. The monoisotopic (exact) mass is 1040 g/mol. The maximum absolute atomic E-state index is 17.3. The molecule has 2 aliphatic heterocycles. The van der Waals surface area contributed by atoms with Gasteiger partial charge in [-0.2, -0.15) is 0 Å². The van der Waals surface area contributed by atoms with E-state index in [1.54, 1.807) is 67.0 Å². The first-order valence-electron chi connectivity index (χ1n) is 22.5. The lowest BCUT2D eigenvalue weighted by molar-refractivity contribution is -0.360. The van der Waals surface area contributed by atoms with E-state index in [9.17, 15) is 38.4 Å². The lowest BCUT2D eigenvalue weighted by atomic mass is 9.85. The van der Waals surface area contributed by atoms with Crippen LogP contribution >= 0.6 is 0 Å². The highest BCUT2D eigenvalue weighted by atomic mass is 19.2. The number of H-pyrrole nitrogens is 2. The standard InChI is InChI=1S/C47H51BF2N6O18/c1-30(57)67-26-71-43(61)22-53(23-44(62)72-27-68-31(2)58)17-18-65-19-20-66-42-21-34(9-10-39(42)54(24-45(63)73-28-69-32(3)59)25-46(64)74-29-70-33(4)60)47-40-13-11-37(35-7-5-15-51-35)55(40)48(49,50)56-38(12-14-41(47)56)36-8-6-16-52-36/h5-16,21,51-52H,17-20,22-29H2,1-4H3. The van der Waals surface area contributed by atoms with E-state index in [2.05, 4.69) is 19.4 Å². The molecule has 74 heavy (non-hydrogen) atoms. The molecule has 0 spiro atoms. The number of aromatic amines is 2. The van der Waals surface area contributed by atoms with Gasteiger partial charge in [0.25, 0.3) is 0 Å². The number of hydrogen-bond acceptors (Lipinski definition) is 20. The highest BCUT2D eigenvalue weighted by Crippen LogP contribution is 2.44. The number of fused-ring (bicyclic) bond motifs is 2. The normalized spacial score (nSPS) is 13.1. The maximum atomic E-state index is 17.3. The third-order valence-corrected chi connectivity index (χ3v) is 10.6. The number of benzene rings is 1. The summed E-state index contributed by atoms with van der Waals surface area (Å²) in [7, 11) is 0. The van der Waals surface area contributed by atoms with Crippen LogP contribution in [-0.4, -0.2) is 164 Å². The van der Waals surface area contributed by atoms with Crippen LogP contribution in [0.5, 0.6) is 5.75 Å². The van der Waals surface area contributed by atoms with Crippen LogP contribution in [0.3, 0.4) is 0 Å². The molecule has 2 N–H and O–H groups in total. The van der Waals surface area contributed by atoms with Gasteiger partial charge >= 0.3 is 54.7 Å². The van der Waals surface area contributed by atoms with Gasteiger partial charge in [-0.3, -0.25) is 43.3 Å². The Morgan fingerprint density at radius 1 is 0.595 bits per heavy atom. The Balaban J connectivity index is 1.33. The number of allylic oxidation sites excluding steroid dienone is 2. The Labute approximate surface area is 420 Å². The predicted molar refractivity (Wildman–Crippen MR) is 250 cm³/mol. The number of anilines is 1. The SMILES string of the molecule is CC(=O)OCOC(=O)CN(CCOCCOc1cc(C2=C3C=CC(c4ccc[nH]4)=[N+]3[B-](F)(F)n3c2ccc3-c2ccc[nH]2)ccc1N(CC(=O)OCOC(C)=O)CC(=O)OCOC(C)=O)CC(=O)OCOC(C)=O. The summed E-state index contributed by atoms with van der Waals surface area (Å²) < 4.78 is 87.3. The second kappa shape index (κ2) is 25.7. The van der Waals surface area contributed by atoms with Crippen LogP contribution in [0, 0.1) is 0 Å². The molecule has 24 nitrogen and oxygen atoms in total. The van der Waals surface area contributed by atoms with E-state index in [0.717, 1.165) is 36.7 Å². The van der Waals surface area contributed by atoms with E-state index < -0.39 is 108 Å². The topological polar surface area (TPSA) is 275 Å². The summed E-state index contributed by atoms with van der Waals surface area (Å²) >= 11 is 0. The highest BCUT2D eigenvalue weighted by molar-refractivity contribution is 6.59. The number of nitrogens with zero attached hydrogens (tertiary/aromatic N) is 4. The number of carbonyl (C=O) groups excluding carboxylic acids is 8. The fourth-order valence-electron chi connectivity index (χ4n) is 7.50. The van der Waals surface area contributed by atoms with E-state index in [-0.39, 0.29) is 60.6 Å². The molecular formula is C47H51BF2N6O18. The van der Waals surface area contributed by atoms with Gasteiger partial charge in [0, 0.05) is 70.2 Å². The molecule has 2 aliphatic rings. The molecule has 394 valence electrons. The van der Waals surface area contributed by atoms with Crippen LogP contribution in [0.15, 0.2) is 84.8 Å². The zero-order valence-corrected chi connectivity index (χ0v) is 40.5. The number of hydrogen-bond donors (Lipinski definition) is 2. The molecule has 0 unspecified atom stereocenters. The first-order valence-corrected chi connectivity index (χ1v) is 22.5. The van der Waals surface area contributed by atoms with Crippen molar-refractivity contribution in [1.82, 2.24) is 19.3 Å². The van der Waals surface area contributed by atoms with Gasteiger partial charge in [0.2, 0.25) is 27.2 Å². The van der Waals surface area contributed by atoms with Gasteiger partial charge in [0.05, 0.1) is 43.3 Å². The van der Waals surface area contributed by atoms with Crippen LogP contribution < -0.4 is 9.64 Å². The Bertz CT molecular complexity index is 2740. The summed E-state index contributed by atoms with van der Waals surface area (Å²) in [5.74, 6) is -6.56. The van der Waals surface area contributed by atoms with Gasteiger partial charge in [-0.25, -0.2) is 0 Å². The van der Waals surface area contributed by atoms with Crippen LogP contribution in [0.2, 0.25) is 0 Å². The molecule has 0 radical (unpaired) electrons. The molecule has 1 aromatic carbocycles. The molecule has 0 bridgehead atoms. The molecular weight excluding hydrogens is 985 g/mol. The molecule has 0 amide bonds. The van der Waals surface area contributed by atoms with E-state index in [1.165, 1.54) is 21.9 Å². The van der Waals surface area contributed by atoms with Crippen LogP contribution in [0.4, 0.5) is 14.3 Å². The summed E-state index contributed by atoms with van der Waals surface area (Å²) in [6, 6.07) is 14.4. The average Bonchev–Trinajstić information content (AvgIpc) is 4.18. The van der Waals surface area contributed by atoms with Crippen molar-refractivity contribution >= 4 is 71.7 Å². The summed E-state index contributed by atoms with van der Waals surface area (Å²) in [5.41, 5.74) is 2.26. The van der Waals surface area contributed by atoms with Gasteiger partial charge in [-0.05, 0) is 54.1 Å². The van der Waals surface area contributed by atoms with Crippen molar-refractivity contribution in [3.63, 3.8) is 0 Å². The van der Waals surface area contributed by atoms with Crippen LogP contribution in [0.25, 0.3) is 17.0 Å². The van der Waals surface area contributed by atoms with Crippen molar-refractivity contribution in [2.24, 2.45) is 0 Å². The lowest BCUT2D eigenvalue weighted by Gasteiger charge is -2.33. The molecule has 27 heteroatoms. The van der Waals surface area contributed by atoms with Crippen molar-refractivity contribution < 1.29 is 98.8 Å². The number of ether oxygens (including phenoxy) is 10. The Hall–Kier alpha value is -8.59. The summed E-state index contributed by atoms with van der Waals surface area (Å²) in [5, 5.41) is 0. The second-order valence-electron chi connectivity index (χ2n) is 15.9. The summed E-state index contributed by atoms with van der Waals surface area (Å²) in [4.78, 5) is 105. The largest absolute Gasteiger partial charge is 0.738 e. The second-order valence-corrected chi connectivity index (χ2v) is 15.9. The fourth-order valence-corrected chi connectivity index (χ4v) is 7.50. The highest BCUT2D eigenvalue weighted by Gasteiger charge is 2.55. The summed E-state index contributed by atoms with van der Waals surface area (Å²) in [6.07, 6.45) is 6.37. The number of nitrogens with one attached hydrogen (secondary N) is 2. The molecule has 4 aromatic rings. The molecule has 0 saturated carbocycles. The van der Waals surface area contributed by atoms with Crippen molar-refractivity contribution in [2.45, 2.75) is 27.7 Å². The minimum absolute atomic E-state index is 0.0138. The zero-order chi connectivity index (χ0) is 53.4. The third-order valence-electron chi connectivity index (χ3n) is 10.6. The lowest BCUT2D eigenvalue weighted by Crippen LogP contribution is -2.51. The zero-order valence-electron chi connectivity index (χ0n) is 40.5. The van der Waals surface area contributed by atoms with Crippen LogP contribution in [0.1, 0.15) is 44.6 Å². The number of rotatable bonds is 27. The summed E-state index contributed by atoms with van der Waals surface area (Å²) in [6.45, 7) is -5.91. The van der Waals surface area contributed by atoms with Crippen molar-refractivity contribution in [3.8, 4) is 17.1 Å². The van der Waals surface area contributed by atoms with Crippen LogP contribution in [-0.2, 0) is 81.0 Å². The van der Waals surface area contributed by atoms with Crippen molar-refractivity contribution in [1.29, 1.82) is 0 Å². The van der Waals surface area contributed by atoms with E-state index in [0.29, 0.717) is 22.5 Å². The number of carbonyl (C=O) groups is 8. The molecule has 0 fully saturated rings. The predicted octanol–water partition coefficient (Wildman–Crippen LogP) is 2.64. The smallest absolute Gasteiger partial charge is 0.489 e. The Morgan fingerprint density at radius 2 is 1.11 bits per heavy atom. The molecule has 0 atom stereocenters. The van der Waals surface area contributed by atoms with Gasteiger partial charge in [0.1, 0.15) is 31.1 Å². The van der Waals surface area contributed by atoms with E-state index >= 15 is 8.63 Å². The minimum atomic E-state index is -4.56. The van der Waals surface area contributed by atoms with Gasteiger partial charge < -0.3 is 79.8 Å². The Kier molecular flexibility index (Phi) is 19.0.